The number of ether oxygens (including phenoxy) is 2. The average Bonchev–Trinajstić information content (AvgIpc) is 3.28. The zero-order valence-corrected chi connectivity index (χ0v) is 41.5. The quantitative estimate of drug-likeness (QED) is 0.0232. The minimum atomic E-state index is -4.63. The van der Waals surface area contributed by atoms with Crippen LogP contribution in [0.3, 0.4) is 0 Å². The van der Waals surface area contributed by atoms with Gasteiger partial charge in [0, 0.05) is 13.0 Å². The second-order valence-corrected chi connectivity index (χ2v) is 18.4. The molecule has 0 aromatic carbocycles. The van der Waals surface area contributed by atoms with Gasteiger partial charge in [0.2, 0.25) is 0 Å². The van der Waals surface area contributed by atoms with E-state index in [9.17, 15) is 19.0 Å². The van der Waals surface area contributed by atoms with Crippen molar-refractivity contribution >= 4 is 19.8 Å². The number of carboxylic acids is 1. The third-order valence-corrected chi connectivity index (χ3v) is 11.7. The van der Waals surface area contributed by atoms with Gasteiger partial charge in [-0.25, -0.2) is 4.57 Å². The van der Waals surface area contributed by atoms with Crippen molar-refractivity contribution < 1.29 is 42.7 Å². The number of phosphoric ester groups is 1. The van der Waals surface area contributed by atoms with Gasteiger partial charge in [0.05, 0.1) is 19.8 Å². The summed E-state index contributed by atoms with van der Waals surface area (Å²) >= 11 is 0. The lowest BCUT2D eigenvalue weighted by molar-refractivity contribution is -0.154. The van der Waals surface area contributed by atoms with Crippen molar-refractivity contribution in [1.82, 2.24) is 0 Å². The standard InChI is InChI=1S/C53H94NO9P/c1-3-5-7-9-11-13-15-17-19-21-23-24-25-26-27-29-31-33-35-37-39-41-43-45-52(55)63-50(48-61-64(58,59)62-49-51(54)53(56)57)47-60-46-44-42-40-38-36-34-32-30-28-22-20-18-16-14-12-10-8-6-4-2/h5,7,11,13,17,19,23-24,26-27,31,33,50-51H,3-4,6,8-10,12,14-16,18,20-22,25,28-30,32,34-49,54H2,1-2H3,(H,56,57)(H,58,59)/b7-5-,13-11-,19-17-,24-23-,27-26-,33-31-. The van der Waals surface area contributed by atoms with Crippen LogP contribution in [0, 0.1) is 0 Å². The molecule has 0 amide bonds. The van der Waals surface area contributed by atoms with E-state index in [2.05, 4.69) is 86.8 Å². The summed E-state index contributed by atoms with van der Waals surface area (Å²) < 4.78 is 33.5. The van der Waals surface area contributed by atoms with Gasteiger partial charge < -0.3 is 25.2 Å². The van der Waals surface area contributed by atoms with E-state index in [1.54, 1.807) is 0 Å². The molecule has 0 aliphatic heterocycles. The number of carbonyl (C=O) groups excluding carboxylic acids is 1. The molecular formula is C53H94NO9P. The highest BCUT2D eigenvalue weighted by molar-refractivity contribution is 7.47. The Kier molecular flexibility index (Phi) is 46.4. The molecule has 0 rings (SSSR count). The van der Waals surface area contributed by atoms with E-state index in [1.807, 2.05) is 0 Å². The molecule has 0 radical (unpaired) electrons. The molecule has 11 heteroatoms. The number of allylic oxidation sites excluding steroid dienone is 12. The van der Waals surface area contributed by atoms with E-state index in [1.165, 1.54) is 103 Å². The Labute approximate surface area is 391 Å². The Morgan fingerprint density at radius 3 is 1.36 bits per heavy atom. The van der Waals surface area contributed by atoms with Gasteiger partial charge in [-0.2, -0.15) is 0 Å². The lowest BCUT2D eigenvalue weighted by Crippen LogP contribution is -2.34. The maximum atomic E-state index is 12.7. The van der Waals surface area contributed by atoms with E-state index < -0.39 is 45.1 Å². The molecule has 0 aromatic heterocycles. The number of aliphatic carboxylic acids is 1. The number of carbonyl (C=O) groups is 2. The summed E-state index contributed by atoms with van der Waals surface area (Å²) in [5.41, 5.74) is 5.37. The first-order valence-corrected chi connectivity index (χ1v) is 27.0. The molecule has 0 aromatic rings. The van der Waals surface area contributed by atoms with Gasteiger partial charge in [-0.15, -0.1) is 0 Å². The van der Waals surface area contributed by atoms with E-state index >= 15 is 0 Å². The summed E-state index contributed by atoms with van der Waals surface area (Å²) in [6, 6.07) is -1.48. The van der Waals surface area contributed by atoms with E-state index in [-0.39, 0.29) is 13.0 Å². The fraction of sp³-hybridized carbons (Fsp3) is 0.736. The molecule has 0 fully saturated rings. The predicted octanol–water partition coefficient (Wildman–Crippen LogP) is 14.9. The number of unbranched alkanes of at least 4 members (excludes halogenated alkanes) is 22. The normalized spacial score (nSPS) is 14.3. The molecule has 10 nitrogen and oxygen atoms in total. The molecule has 4 N–H and O–H groups in total. The number of phosphoric acid groups is 1. The van der Waals surface area contributed by atoms with Gasteiger partial charge in [0.25, 0.3) is 0 Å². The first kappa shape index (κ1) is 61.4. The van der Waals surface area contributed by atoms with Crippen LogP contribution in [-0.4, -0.2) is 60.5 Å². The van der Waals surface area contributed by atoms with Crippen LogP contribution in [-0.2, 0) is 32.7 Å². The molecule has 0 bridgehead atoms. The largest absolute Gasteiger partial charge is 0.480 e. The molecule has 0 spiro atoms. The summed E-state index contributed by atoms with van der Waals surface area (Å²) in [4.78, 5) is 33.7. The Bertz CT molecular complexity index is 1290. The van der Waals surface area contributed by atoms with Gasteiger partial charge >= 0.3 is 19.8 Å². The molecule has 0 aliphatic rings. The van der Waals surface area contributed by atoms with E-state index in [4.69, 9.17) is 29.4 Å². The molecule has 0 aliphatic carbocycles. The minimum Gasteiger partial charge on any atom is -0.480 e. The first-order valence-electron chi connectivity index (χ1n) is 25.5. The fourth-order valence-electron chi connectivity index (χ4n) is 6.84. The van der Waals surface area contributed by atoms with Crippen molar-refractivity contribution in [3.63, 3.8) is 0 Å². The van der Waals surface area contributed by atoms with E-state index in [0.29, 0.717) is 13.0 Å². The maximum absolute atomic E-state index is 12.7. The fourth-order valence-corrected chi connectivity index (χ4v) is 7.62. The first-order chi connectivity index (χ1) is 31.2. The minimum absolute atomic E-state index is 0.00534. The Hall–Kier alpha value is -2.59. The number of rotatable bonds is 48. The summed E-state index contributed by atoms with van der Waals surface area (Å²) in [6.45, 7) is 3.76. The smallest absolute Gasteiger partial charge is 0.472 e. The summed E-state index contributed by atoms with van der Waals surface area (Å²) in [7, 11) is -4.63. The maximum Gasteiger partial charge on any atom is 0.472 e. The van der Waals surface area contributed by atoms with Crippen molar-refractivity contribution in [2.45, 2.75) is 225 Å². The van der Waals surface area contributed by atoms with Gasteiger partial charge in [-0.1, -0.05) is 215 Å². The lowest BCUT2D eigenvalue weighted by atomic mass is 10.0. The van der Waals surface area contributed by atoms with Crippen molar-refractivity contribution in [1.29, 1.82) is 0 Å². The molecule has 0 heterocycles. The van der Waals surface area contributed by atoms with Crippen LogP contribution < -0.4 is 5.73 Å². The molecule has 3 unspecified atom stereocenters. The molecule has 0 saturated heterocycles. The van der Waals surface area contributed by atoms with Gasteiger partial charge in [0.15, 0.2) is 0 Å². The monoisotopic (exact) mass is 920 g/mol. The SMILES string of the molecule is CC/C=C\C/C=C\C/C=C\C/C=C\C/C=C\C/C=C\CCCCCCC(=O)OC(COCCCCCCCCCCCCCCCCCCCCC)COP(=O)(O)OCC(N)C(=O)O. The third-order valence-electron chi connectivity index (χ3n) is 10.8. The van der Waals surface area contributed by atoms with Crippen LogP contribution in [0.1, 0.15) is 213 Å². The summed E-state index contributed by atoms with van der Waals surface area (Å²) in [5, 5.41) is 8.93. The topological polar surface area (TPSA) is 155 Å². The highest BCUT2D eigenvalue weighted by Gasteiger charge is 2.27. The highest BCUT2D eigenvalue weighted by Crippen LogP contribution is 2.43. The number of nitrogens with two attached hydrogens (primary N) is 1. The summed E-state index contributed by atoms with van der Waals surface area (Å²) in [5.74, 6) is -1.80. The number of hydrogen-bond donors (Lipinski definition) is 3. The van der Waals surface area contributed by atoms with Crippen LogP contribution in [0.15, 0.2) is 72.9 Å². The molecular weight excluding hydrogens is 826 g/mol. The van der Waals surface area contributed by atoms with Crippen LogP contribution in [0.25, 0.3) is 0 Å². The van der Waals surface area contributed by atoms with Crippen LogP contribution >= 0.6 is 7.82 Å². The zero-order chi connectivity index (χ0) is 46.9. The van der Waals surface area contributed by atoms with Gasteiger partial charge in [-0.3, -0.25) is 18.6 Å². The number of hydrogen-bond acceptors (Lipinski definition) is 8. The van der Waals surface area contributed by atoms with Crippen molar-refractivity contribution in [2.24, 2.45) is 5.73 Å². The van der Waals surface area contributed by atoms with Crippen LogP contribution in [0.2, 0.25) is 0 Å². The molecule has 370 valence electrons. The van der Waals surface area contributed by atoms with Crippen molar-refractivity contribution in [3.8, 4) is 0 Å². The second-order valence-electron chi connectivity index (χ2n) is 16.9. The van der Waals surface area contributed by atoms with E-state index in [0.717, 1.165) is 83.5 Å². The van der Waals surface area contributed by atoms with Crippen molar-refractivity contribution in [3.05, 3.63) is 72.9 Å². The summed E-state index contributed by atoms with van der Waals surface area (Å²) in [6.07, 6.45) is 61.0. The zero-order valence-electron chi connectivity index (χ0n) is 40.6. The predicted molar refractivity (Wildman–Crippen MR) is 267 cm³/mol. The third kappa shape index (κ3) is 47.4. The van der Waals surface area contributed by atoms with Gasteiger partial charge in [-0.05, 0) is 64.2 Å². The molecule has 3 atom stereocenters. The second kappa shape index (κ2) is 48.3. The Morgan fingerprint density at radius 2 is 0.906 bits per heavy atom. The lowest BCUT2D eigenvalue weighted by Gasteiger charge is -2.20. The van der Waals surface area contributed by atoms with Crippen LogP contribution in [0.4, 0.5) is 0 Å². The average molecular weight is 920 g/mol. The highest BCUT2D eigenvalue weighted by atomic mass is 31.2. The number of carboxylic acid groups (broad SMARTS) is 1. The Balaban J connectivity index is 4.22. The van der Waals surface area contributed by atoms with Crippen molar-refractivity contribution in [2.75, 3.05) is 26.4 Å². The van der Waals surface area contributed by atoms with Gasteiger partial charge in [0.1, 0.15) is 12.1 Å². The number of esters is 1. The van der Waals surface area contributed by atoms with Crippen LogP contribution in [0.5, 0.6) is 0 Å². The molecule has 64 heavy (non-hydrogen) atoms. The molecule has 0 saturated carbocycles. The Morgan fingerprint density at radius 1 is 0.516 bits per heavy atom.